The maximum atomic E-state index is 13.5. The molecule has 0 spiro atoms. The third-order valence-electron chi connectivity index (χ3n) is 1.88. The highest BCUT2D eigenvalue weighted by Crippen LogP contribution is 2.23. The van der Waals surface area contributed by atoms with E-state index in [2.05, 4.69) is 31.7 Å². The predicted molar refractivity (Wildman–Crippen MR) is 67.6 cm³/mol. The van der Waals surface area contributed by atoms with Gasteiger partial charge < -0.3 is 5.32 Å². The Morgan fingerprint density at radius 1 is 1.41 bits per heavy atom. The van der Waals surface area contributed by atoms with E-state index in [1.54, 1.807) is 0 Å². The number of hydrogen-bond donors (Lipinski definition) is 3. The largest absolute Gasteiger partial charge is 0.320 e. The Kier molecular flexibility index (Phi) is 5.30. The van der Waals surface area contributed by atoms with E-state index in [4.69, 9.17) is 5.84 Å². The van der Waals surface area contributed by atoms with Gasteiger partial charge in [-0.2, -0.15) is 0 Å². The highest BCUT2D eigenvalue weighted by atomic mass is 79.9. The summed E-state index contributed by atoms with van der Waals surface area (Å²) in [6.07, 6.45) is 0.804. The van der Waals surface area contributed by atoms with Crippen LogP contribution in [0.25, 0.3) is 0 Å². The molecule has 0 saturated carbocycles. The molecule has 0 fully saturated rings. The molecule has 1 aromatic carbocycles. The van der Waals surface area contributed by atoms with Gasteiger partial charge in [0.1, 0.15) is 5.69 Å². The number of nitrogens with zero attached hydrogens (tertiary/aromatic N) is 1. The fraction of sp³-hybridized carbons (Fsp3) is 0.300. The van der Waals surface area contributed by atoms with Gasteiger partial charge in [-0.15, -0.1) is 0 Å². The minimum Gasteiger partial charge on any atom is -0.320 e. The summed E-state index contributed by atoms with van der Waals surface area (Å²) in [5.41, 5.74) is 1.96. The van der Waals surface area contributed by atoms with Gasteiger partial charge >= 0.3 is 0 Å². The van der Waals surface area contributed by atoms with Crippen LogP contribution in [0.3, 0.4) is 0 Å². The number of anilines is 1. The fourth-order valence-electron chi connectivity index (χ4n) is 1.12. The number of benzene rings is 1. The number of halogens is 3. The Balaban J connectivity index is 2.94. The first-order chi connectivity index (χ1) is 8.08. The van der Waals surface area contributed by atoms with Crippen LogP contribution in [0.2, 0.25) is 0 Å². The summed E-state index contributed by atoms with van der Waals surface area (Å²) < 4.78 is 27.3. The average Bonchev–Trinajstić information content (AvgIpc) is 2.27. The van der Waals surface area contributed by atoms with Gasteiger partial charge in [-0.25, -0.2) is 14.6 Å². The predicted octanol–water partition coefficient (Wildman–Crippen LogP) is 2.37. The van der Waals surface area contributed by atoms with Gasteiger partial charge in [-0.05, 0) is 18.6 Å². The molecule has 0 aliphatic rings. The maximum absolute atomic E-state index is 13.5. The molecular formula is C10H13BrF2N4. The Hall–Kier alpha value is -1.21. The lowest BCUT2D eigenvalue weighted by Crippen LogP contribution is -2.37. The zero-order valence-electron chi connectivity index (χ0n) is 9.23. The van der Waals surface area contributed by atoms with E-state index < -0.39 is 11.6 Å². The van der Waals surface area contributed by atoms with Gasteiger partial charge in [0.05, 0.1) is 0 Å². The molecule has 0 unspecified atom stereocenters. The Bertz CT molecular complexity index is 400. The quantitative estimate of drug-likeness (QED) is 0.348. The first kappa shape index (κ1) is 13.9. The first-order valence-corrected chi connectivity index (χ1v) is 5.80. The van der Waals surface area contributed by atoms with Gasteiger partial charge in [0.2, 0.25) is 5.96 Å². The van der Waals surface area contributed by atoms with Crippen molar-refractivity contribution in [2.45, 2.75) is 13.3 Å². The minimum absolute atomic E-state index is 0.118. The van der Waals surface area contributed by atoms with E-state index >= 15 is 0 Å². The van der Waals surface area contributed by atoms with Crippen LogP contribution >= 0.6 is 15.9 Å². The van der Waals surface area contributed by atoms with Crippen LogP contribution in [0.5, 0.6) is 0 Å². The molecule has 4 nitrogen and oxygen atoms in total. The zero-order valence-corrected chi connectivity index (χ0v) is 10.8. The standard InChI is InChI=1S/C10H13BrF2N4/c1-2-3-15-10(17-14)16-9-7(12)4-6(11)5-8(9)13/h4-5H,2-3,14H2,1H3,(H2,15,16,17). The van der Waals surface area contributed by atoms with Crippen molar-refractivity contribution < 1.29 is 8.78 Å². The van der Waals surface area contributed by atoms with E-state index in [0.29, 0.717) is 11.0 Å². The third-order valence-corrected chi connectivity index (χ3v) is 2.34. The number of hydrogen-bond acceptors (Lipinski definition) is 2. The second-order valence-electron chi connectivity index (χ2n) is 3.24. The Morgan fingerprint density at radius 2 is 2.00 bits per heavy atom. The van der Waals surface area contributed by atoms with Crippen molar-refractivity contribution in [3.05, 3.63) is 28.2 Å². The number of aliphatic imine (C=N–C) groups is 1. The monoisotopic (exact) mass is 306 g/mol. The molecule has 0 radical (unpaired) electrons. The molecule has 0 aliphatic heterocycles. The smallest absolute Gasteiger partial charge is 0.210 e. The average molecular weight is 307 g/mol. The SMILES string of the molecule is CCCN=C(NN)Nc1c(F)cc(Br)cc1F. The second-order valence-corrected chi connectivity index (χ2v) is 4.16. The van der Waals surface area contributed by atoms with Gasteiger partial charge in [0.15, 0.2) is 11.6 Å². The second kappa shape index (κ2) is 6.51. The lowest BCUT2D eigenvalue weighted by molar-refractivity contribution is 0.589. The van der Waals surface area contributed by atoms with Gasteiger partial charge in [-0.1, -0.05) is 22.9 Å². The summed E-state index contributed by atoms with van der Waals surface area (Å²) in [6.45, 7) is 2.44. The van der Waals surface area contributed by atoms with Gasteiger partial charge in [0.25, 0.3) is 0 Å². The van der Waals surface area contributed by atoms with Crippen LogP contribution < -0.4 is 16.6 Å². The molecule has 0 aliphatic carbocycles. The number of guanidine groups is 1. The van der Waals surface area contributed by atoms with Crippen LogP contribution in [-0.4, -0.2) is 12.5 Å². The summed E-state index contributed by atoms with van der Waals surface area (Å²) in [7, 11) is 0. The van der Waals surface area contributed by atoms with Crippen molar-refractivity contribution in [1.29, 1.82) is 0 Å². The van der Waals surface area contributed by atoms with Crippen molar-refractivity contribution >= 4 is 27.6 Å². The minimum atomic E-state index is -0.726. The molecule has 4 N–H and O–H groups in total. The fourth-order valence-corrected chi connectivity index (χ4v) is 1.53. The summed E-state index contributed by atoms with van der Waals surface area (Å²) in [5.74, 6) is 3.86. The molecule has 0 bridgehead atoms. The zero-order chi connectivity index (χ0) is 12.8. The Labute approximate surface area is 106 Å². The van der Waals surface area contributed by atoms with Crippen LogP contribution in [0.4, 0.5) is 14.5 Å². The van der Waals surface area contributed by atoms with Gasteiger partial charge in [0, 0.05) is 11.0 Å². The highest BCUT2D eigenvalue weighted by molar-refractivity contribution is 9.10. The molecular weight excluding hydrogens is 294 g/mol. The topological polar surface area (TPSA) is 62.4 Å². The van der Waals surface area contributed by atoms with Crippen molar-refractivity contribution in [2.24, 2.45) is 10.8 Å². The maximum Gasteiger partial charge on any atom is 0.210 e. The van der Waals surface area contributed by atoms with Gasteiger partial charge in [-0.3, -0.25) is 10.4 Å². The molecule has 0 heterocycles. The molecule has 17 heavy (non-hydrogen) atoms. The van der Waals surface area contributed by atoms with Crippen molar-refractivity contribution in [2.75, 3.05) is 11.9 Å². The normalized spacial score (nSPS) is 11.5. The summed E-state index contributed by atoms with van der Waals surface area (Å²) in [5, 5.41) is 2.47. The molecule has 1 rings (SSSR count). The number of nitrogens with two attached hydrogens (primary N) is 1. The molecule has 0 saturated heterocycles. The molecule has 1 aromatic rings. The van der Waals surface area contributed by atoms with Crippen LogP contribution in [0, 0.1) is 11.6 Å². The molecule has 94 valence electrons. The van der Waals surface area contributed by atoms with Crippen molar-refractivity contribution in [1.82, 2.24) is 5.43 Å². The van der Waals surface area contributed by atoms with Crippen molar-refractivity contribution in [3.8, 4) is 0 Å². The van der Waals surface area contributed by atoms with E-state index in [-0.39, 0.29) is 11.6 Å². The van der Waals surface area contributed by atoms with E-state index in [0.717, 1.165) is 18.6 Å². The molecule has 0 amide bonds. The number of hydrazine groups is 1. The lowest BCUT2D eigenvalue weighted by atomic mass is 10.3. The van der Waals surface area contributed by atoms with Crippen LogP contribution in [-0.2, 0) is 0 Å². The highest BCUT2D eigenvalue weighted by Gasteiger charge is 2.11. The molecule has 0 atom stereocenters. The lowest BCUT2D eigenvalue weighted by Gasteiger charge is -2.11. The Morgan fingerprint density at radius 3 is 2.47 bits per heavy atom. The first-order valence-electron chi connectivity index (χ1n) is 5.01. The number of rotatable bonds is 3. The van der Waals surface area contributed by atoms with Crippen molar-refractivity contribution in [3.63, 3.8) is 0 Å². The van der Waals surface area contributed by atoms with Crippen LogP contribution in [0.1, 0.15) is 13.3 Å². The molecule has 7 heteroatoms. The summed E-state index contributed by atoms with van der Waals surface area (Å²) in [6, 6.07) is 2.30. The summed E-state index contributed by atoms with van der Waals surface area (Å²) >= 11 is 2.99. The van der Waals surface area contributed by atoms with E-state index in [1.807, 2.05) is 6.92 Å². The van der Waals surface area contributed by atoms with Crippen LogP contribution in [0.15, 0.2) is 21.6 Å². The third kappa shape index (κ3) is 3.94. The molecule has 0 aromatic heterocycles. The van der Waals surface area contributed by atoms with E-state index in [1.165, 1.54) is 0 Å². The number of nitrogens with one attached hydrogen (secondary N) is 2. The summed E-state index contributed by atoms with van der Waals surface area (Å²) in [4.78, 5) is 3.99. The van der Waals surface area contributed by atoms with E-state index in [9.17, 15) is 8.78 Å².